The number of carboxylic acid groups (broad SMARTS) is 1. The van der Waals surface area contributed by atoms with E-state index < -0.39 is 66.4 Å². The molecule has 0 aliphatic heterocycles. The Hall–Kier alpha value is -4.28. The van der Waals surface area contributed by atoms with Gasteiger partial charge in [-0.25, -0.2) is 4.79 Å². The fourth-order valence-electron chi connectivity index (χ4n) is 4.16. The summed E-state index contributed by atoms with van der Waals surface area (Å²) in [6, 6.07) is 2.79. The highest BCUT2D eigenvalue weighted by Crippen LogP contribution is 2.08. The summed E-state index contributed by atoms with van der Waals surface area (Å²) in [6.07, 6.45) is 1.42. The van der Waals surface area contributed by atoms with Crippen molar-refractivity contribution in [3.05, 3.63) is 35.9 Å². The molecule has 0 spiro atoms. The maximum Gasteiger partial charge on any atom is 0.326 e. The number of hydrogen-bond donors (Lipinski definition) is 10. The Kier molecular flexibility index (Phi) is 17.8. The molecule has 0 fully saturated rings. The van der Waals surface area contributed by atoms with Gasteiger partial charge in [0, 0.05) is 13.0 Å². The molecule has 1 aromatic carbocycles. The topological polar surface area (TPSA) is 290 Å². The van der Waals surface area contributed by atoms with Crippen LogP contribution in [-0.2, 0) is 30.4 Å². The fraction of sp³-hybridized carbons (Fsp3) is 0.586. The highest BCUT2D eigenvalue weighted by Gasteiger charge is 2.32. The second-order valence-electron chi connectivity index (χ2n) is 11.0. The van der Waals surface area contributed by atoms with Gasteiger partial charge in [0.1, 0.15) is 24.2 Å². The van der Waals surface area contributed by atoms with E-state index in [9.17, 15) is 34.2 Å². The number of aliphatic imine (C=N–C) groups is 1. The number of nitrogens with zero attached hydrogens (tertiary/aromatic N) is 1. The third-order valence-corrected chi connectivity index (χ3v) is 6.89. The molecule has 16 nitrogen and oxygen atoms in total. The minimum atomic E-state index is -1.38. The van der Waals surface area contributed by atoms with Crippen LogP contribution in [0.1, 0.15) is 51.5 Å². The first-order valence-electron chi connectivity index (χ1n) is 14.9. The molecule has 0 unspecified atom stereocenters. The van der Waals surface area contributed by atoms with Gasteiger partial charge in [0.2, 0.25) is 23.6 Å². The first-order valence-corrected chi connectivity index (χ1v) is 14.9. The SMILES string of the molecule is CC(C)[C@H](N)C(=O)N[C@@H](CO)C(=O)N[C@@H](CCCCN)C(=O)N[C@@H](Cc1ccccc1)C(=O)N[C@@H](CCCN=C(N)N)C(=O)O. The summed E-state index contributed by atoms with van der Waals surface area (Å²) in [5.74, 6) is -4.60. The van der Waals surface area contributed by atoms with E-state index in [0.29, 0.717) is 24.9 Å². The number of nitrogens with one attached hydrogen (secondary N) is 4. The number of carboxylic acids is 1. The lowest BCUT2D eigenvalue weighted by atomic mass is 10.0. The van der Waals surface area contributed by atoms with Gasteiger partial charge in [-0.2, -0.15) is 0 Å². The van der Waals surface area contributed by atoms with E-state index in [0.717, 1.165) is 0 Å². The normalized spacial score (nSPS) is 14.3. The molecule has 0 bridgehead atoms. The highest BCUT2D eigenvalue weighted by atomic mass is 16.4. The van der Waals surface area contributed by atoms with Gasteiger partial charge in [-0.05, 0) is 50.1 Å². The number of aliphatic hydroxyl groups excluding tert-OH is 1. The summed E-state index contributed by atoms with van der Waals surface area (Å²) >= 11 is 0. The Morgan fingerprint density at radius 3 is 1.87 bits per heavy atom. The number of amides is 4. The summed E-state index contributed by atoms with van der Waals surface area (Å²) in [6.45, 7) is 3.20. The van der Waals surface area contributed by atoms with E-state index in [1.54, 1.807) is 44.2 Å². The first kappa shape index (κ1) is 38.7. The quantitative estimate of drug-likeness (QED) is 0.0380. The van der Waals surface area contributed by atoms with Crippen LogP contribution in [-0.4, -0.2) is 95.7 Å². The number of rotatable bonds is 21. The number of hydrogen-bond acceptors (Lipinski definition) is 9. The minimum absolute atomic E-state index is 0.0185. The van der Waals surface area contributed by atoms with Gasteiger partial charge in [-0.3, -0.25) is 24.2 Å². The maximum absolute atomic E-state index is 13.5. The standard InChI is InChI=1S/C29H49N9O7/c1-17(2)23(31)27(43)38-22(16-39)26(42)35-19(11-6-7-13-30)24(40)37-21(15-18-9-4-3-5-10-18)25(41)36-20(28(44)45)12-8-14-34-29(32)33/h3-5,9-10,17,19-23,39H,6-8,11-16,30-31H2,1-2H3,(H,35,42)(H,36,41)(H,37,40)(H,38,43)(H,44,45)(H4,32,33,34)/t19-,20-,21-,22-,23-/m0/s1. The van der Waals surface area contributed by atoms with Crippen molar-refractivity contribution in [1.82, 2.24) is 21.3 Å². The van der Waals surface area contributed by atoms with Crippen molar-refractivity contribution in [3.8, 4) is 0 Å². The zero-order chi connectivity index (χ0) is 33.9. The molecule has 1 aromatic rings. The molecular weight excluding hydrogens is 586 g/mol. The van der Waals surface area contributed by atoms with Gasteiger partial charge in [0.05, 0.1) is 12.6 Å². The Balaban J connectivity index is 3.17. The molecule has 252 valence electrons. The molecule has 16 heteroatoms. The fourth-order valence-corrected chi connectivity index (χ4v) is 4.16. The van der Waals surface area contributed by atoms with Crippen molar-refractivity contribution >= 4 is 35.6 Å². The summed E-state index contributed by atoms with van der Waals surface area (Å²) in [4.78, 5) is 68.1. The number of aliphatic carboxylic acids is 1. The van der Waals surface area contributed by atoms with Crippen molar-refractivity contribution in [2.45, 2.75) is 82.6 Å². The van der Waals surface area contributed by atoms with Crippen LogP contribution in [0, 0.1) is 5.92 Å². The van der Waals surface area contributed by atoms with E-state index in [2.05, 4.69) is 26.3 Å². The van der Waals surface area contributed by atoms with Crippen LogP contribution in [0.4, 0.5) is 0 Å². The number of aliphatic hydroxyl groups is 1. The molecule has 0 heterocycles. The van der Waals surface area contributed by atoms with Crippen LogP contribution in [0.3, 0.4) is 0 Å². The molecule has 0 saturated heterocycles. The first-order chi connectivity index (χ1) is 21.3. The van der Waals surface area contributed by atoms with Crippen LogP contribution in [0.25, 0.3) is 0 Å². The van der Waals surface area contributed by atoms with Crippen molar-refractivity contribution in [2.24, 2.45) is 33.8 Å². The van der Waals surface area contributed by atoms with E-state index in [-0.39, 0.29) is 44.1 Å². The van der Waals surface area contributed by atoms with E-state index >= 15 is 0 Å². The van der Waals surface area contributed by atoms with Gasteiger partial charge in [0.25, 0.3) is 0 Å². The molecule has 0 aliphatic carbocycles. The van der Waals surface area contributed by atoms with Crippen LogP contribution < -0.4 is 44.2 Å². The Bertz CT molecular complexity index is 1130. The van der Waals surface area contributed by atoms with E-state index in [4.69, 9.17) is 22.9 Å². The molecule has 14 N–H and O–H groups in total. The molecule has 0 radical (unpaired) electrons. The van der Waals surface area contributed by atoms with Gasteiger partial charge in [-0.1, -0.05) is 44.2 Å². The summed E-state index contributed by atoms with van der Waals surface area (Å²) in [5.41, 5.74) is 22.7. The second-order valence-corrected chi connectivity index (χ2v) is 11.0. The molecule has 0 aromatic heterocycles. The van der Waals surface area contributed by atoms with Crippen molar-refractivity contribution in [3.63, 3.8) is 0 Å². The zero-order valence-electron chi connectivity index (χ0n) is 25.9. The van der Waals surface area contributed by atoms with Crippen LogP contribution >= 0.6 is 0 Å². The molecule has 1 rings (SSSR count). The van der Waals surface area contributed by atoms with Crippen molar-refractivity contribution < 1.29 is 34.2 Å². The molecule has 4 amide bonds. The Morgan fingerprint density at radius 1 is 0.778 bits per heavy atom. The third-order valence-electron chi connectivity index (χ3n) is 6.89. The maximum atomic E-state index is 13.5. The monoisotopic (exact) mass is 635 g/mol. The van der Waals surface area contributed by atoms with Gasteiger partial charge >= 0.3 is 5.97 Å². The predicted octanol–water partition coefficient (Wildman–Crippen LogP) is -2.59. The van der Waals surface area contributed by atoms with Crippen LogP contribution in [0.5, 0.6) is 0 Å². The van der Waals surface area contributed by atoms with E-state index in [1.165, 1.54) is 0 Å². The number of unbranched alkanes of at least 4 members (excludes halogenated alkanes) is 1. The zero-order valence-corrected chi connectivity index (χ0v) is 25.9. The van der Waals surface area contributed by atoms with Crippen molar-refractivity contribution in [2.75, 3.05) is 19.7 Å². The number of carbonyl (C=O) groups excluding carboxylic acids is 4. The molecule has 45 heavy (non-hydrogen) atoms. The molecule has 0 saturated carbocycles. The van der Waals surface area contributed by atoms with Gasteiger partial charge in [-0.15, -0.1) is 0 Å². The van der Waals surface area contributed by atoms with Gasteiger partial charge in [0.15, 0.2) is 5.96 Å². The number of nitrogens with two attached hydrogens (primary N) is 4. The third kappa shape index (κ3) is 14.8. The second kappa shape index (κ2) is 20.6. The van der Waals surface area contributed by atoms with E-state index in [1.807, 2.05) is 0 Å². The smallest absolute Gasteiger partial charge is 0.326 e. The van der Waals surface area contributed by atoms with Crippen molar-refractivity contribution in [1.29, 1.82) is 0 Å². The number of guanidine groups is 1. The van der Waals surface area contributed by atoms with Crippen LogP contribution in [0.2, 0.25) is 0 Å². The number of benzene rings is 1. The summed E-state index contributed by atoms with van der Waals surface area (Å²) in [5, 5.41) is 29.5. The summed E-state index contributed by atoms with van der Waals surface area (Å²) in [7, 11) is 0. The largest absolute Gasteiger partial charge is 0.480 e. The minimum Gasteiger partial charge on any atom is -0.480 e. The Labute approximate surface area is 263 Å². The molecule has 5 atom stereocenters. The molecular formula is C29H49N9O7. The Morgan fingerprint density at radius 2 is 1.31 bits per heavy atom. The molecule has 0 aliphatic rings. The average molecular weight is 636 g/mol. The lowest BCUT2D eigenvalue weighted by Crippen LogP contribution is -2.59. The lowest BCUT2D eigenvalue weighted by molar-refractivity contribution is -0.142. The lowest BCUT2D eigenvalue weighted by Gasteiger charge is -2.26. The highest BCUT2D eigenvalue weighted by molar-refractivity contribution is 5.95. The number of carbonyl (C=O) groups is 5. The van der Waals surface area contributed by atoms with Crippen LogP contribution in [0.15, 0.2) is 35.3 Å². The summed E-state index contributed by atoms with van der Waals surface area (Å²) < 4.78 is 0. The predicted molar refractivity (Wildman–Crippen MR) is 168 cm³/mol. The van der Waals surface area contributed by atoms with Gasteiger partial charge < -0.3 is 54.4 Å². The average Bonchev–Trinajstić information content (AvgIpc) is 2.99.